The molecular weight excluding hydrogens is 310 g/mol. The van der Waals surface area contributed by atoms with Gasteiger partial charge < -0.3 is 9.64 Å². The normalized spacial score (nSPS) is 9.91. The quantitative estimate of drug-likeness (QED) is 0.731. The summed E-state index contributed by atoms with van der Waals surface area (Å²) in [4.78, 5) is 18.4. The molecule has 0 N–H and O–H groups in total. The highest BCUT2D eigenvalue weighted by Crippen LogP contribution is 2.28. The molecule has 0 atom stereocenters. The van der Waals surface area contributed by atoms with Crippen LogP contribution in [0.2, 0.25) is 0 Å². The highest BCUT2D eigenvalue weighted by atomic mass is 32.2. The van der Waals surface area contributed by atoms with E-state index in [4.69, 9.17) is 10.00 Å². The zero-order valence-electron chi connectivity index (χ0n) is 12.8. The first-order valence-electron chi connectivity index (χ1n) is 7.10. The largest absolute Gasteiger partial charge is 0.495 e. The third-order valence-electron chi connectivity index (χ3n) is 3.11. The van der Waals surface area contributed by atoms with Gasteiger partial charge in [-0.3, -0.25) is 4.79 Å². The Morgan fingerprint density at radius 3 is 2.78 bits per heavy atom. The average Bonchev–Trinajstić information content (AvgIpc) is 2.61. The second kappa shape index (κ2) is 8.81. The zero-order chi connectivity index (χ0) is 16.5. The molecule has 6 heteroatoms. The lowest BCUT2D eigenvalue weighted by Crippen LogP contribution is -2.33. The van der Waals surface area contributed by atoms with Crippen LogP contribution in [0.25, 0.3) is 0 Å². The van der Waals surface area contributed by atoms with Gasteiger partial charge in [0.25, 0.3) is 0 Å². The number of benzene rings is 1. The van der Waals surface area contributed by atoms with Gasteiger partial charge in [-0.05, 0) is 24.3 Å². The standard InChI is InChI=1S/C17H17N3O2S/c1-22-15-8-3-2-7-14(15)20(12-6-10-18)17(21)13-23-16-9-4-5-11-19-16/h2-5,7-9,11H,6,12-13H2,1H3. The monoisotopic (exact) mass is 327 g/mol. The van der Waals surface area contributed by atoms with Crippen LogP contribution < -0.4 is 9.64 Å². The van der Waals surface area contributed by atoms with Crippen molar-refractivity contribution in [2.24, 2.45) is 0 Å². The summed E-state index contributed by atoms with van der Waals surface area (Å²) >= 11 is 1.37. The van der Waals surface area contributed by atoms with E-state index in [9.17, 15) is 4.79 Å². The minimum absolute atomic E-state index is 0.0830. The number of carbonyl (C=O) groups excluding carboxylic acids is 1. The predicted octanol–water partition coefficient (Wildman–Crippen LogP) is 3.13. The van der Waals surface area contributed by atoms with E-state index in [1.807, 2.05) is 36.4 Å². The Morgan fingerprint density at radius 1 is 1.30 bits per heavy atom. The highest BCUT2D eigenvalue weighted by molar-refractivity contribution is 7.99. The number of rotatable bonds is 7. The summed E-state index contributed by atoms with van der Waals surface area (Å²) in [6.07, 6.45) is 1.96. The van der Waals surface area contributed by atoms with E-state index in [2.05, 4.69) is 11.1 Å². The van der Waals surface area contributed by atoms with Gasteiger partial charge in [0, 0.05) is 12.7 Å². The van der Waals surface area contributed by atoms with Crippen molar-refractivity contribution in [2.45, 2.75) is 11.4 Å². The number of hydrogen-bond donors (Lipinski definition) is 0. The molecule has 0 saturated carbocycles. The summed E-state index contributed by atoms with van der Waals surface area (Å²) in [6, 6.07) is 15.0. The fourth-order valence-electron chi connectivity index (χ4n) is 2.04. The van der Waals surface area contributed by atoms with Crippen molar-refractivity contribution in [1.29, 1.82) is 5.26 Å². The Kier molecular flexibility index (Phi) is 6.45. The molecule has 118 valence electrons. The van der Waals surface area contributed by atoms with Crippen molar-refractivity contribution < 1.29 is 9.53 Å². The van der Waals surface area contributed by atoms with E-state index < -0.39 is 0 Å². The molecule has 1 amide bonds. The molecule has 0 fully saturated rings. The smallest absolute Gasteiger partial charge is 0.237 e. The summed E-state index contributed by atoms with van der Waals surface area (Å²) in [7, 11) is 1.56. The van der Waals surface area contributed by atoms with Crippen LogP contribution in [-0.2, 0) is 4.79 Å². The number of anilines is 1. The van der Waals surface area contributed by atoms with E-state index in [-0.39, 0.29) is 18.1 Å². The van der Waals surface area contributed by atoms with Crippen LogP contribution in [0.1, 0.15) is 6.42 Å². The van der Waals surface area contributed by atoms with Gasteiger partial charge in [-0.2, -0.15) is 5.26 Å². The van der Waals surface area contributed by atoms with Crippen molar-refractivity contribution in [3.05, 3.63) is 48.7 Å². The van der Waals surface area contributed by atoms with Gasteiger partial charge >= 0.3 is 0 Å². The van der Waals surface area contributed by atoms with Crippen molar-refractivity contribution in [1.82, 2.24) is 4.98 Å². The van der Waals surface area contributed by atoms with Crippen LogP contribution in [0, 0.1) is 11.3 Å². The van der Waals surface area contributed by atoms with Crippen LogP contribution in [-0.4, -0.2) is 30.3 Å². The van der Waals surface area contributed by atoms with Gasteiger partial charge in [0.2, 0.25) is 5.91 Å². The van der Waals surface area contributed by atoms with E-state index in [1.165, 1.54) is 11.8 Å². The third kappa shape index (κ3) is 4.73. The molecule has 5 nitrogen and oxygen atoms in total. The number of ether oxygens (including phenoxy) is 1. The molecule has 0 saturated heterocycles. The number of nitrogens with zero attached hydrogens (tertiary/aromatic N) is 3. The van der Waals surface area contributed by atoms with E-state index in [0.29, 0.717) is 18.0 Å². The van der Waals surface area contributed by atoms with Gasteiger partial charge in [-0.1, -0.05) is 30.0 Å². The summed E-state index contributed by atoms with van der Waals surface area (Å²) < 4.78 is 5.32. The Bertz CT molecular complexity index is 686. The lowest BCUT2D eigenvalue weighted by atomic mass is 10.2. The van der Waals surface area contributed by atoms with Crippen LogP contribution in [0.4, 0.5) is 5.69 Å². The molecule has 0 aliphatic carbocycles. The van der Waals surface area contributed by atoms with Crippen LogP contribution in [0.15, 0.2) is 53.7 Å². The number of hydrogen-bond acceptors (Lipinski definition) is 5. The highest BCUT2D eigenvalue weighted by Gasteiger charge is 2.19. The summed E-state index contributed by atoms with van der Waals surface area (Å²) in [6.45, 7) is 0.332. The van der Waals surface area contributed by atoms with Crippen molar-refractivity contribution in [3.8, 4) is 11.8 Å². The van der Waals surface area contributed by atoms with Crippen molar-refractivity contribution >= 4 is 23.4 Å². The molecule has 0 bridgehead atoms. The molecular formula is C17H17N3O2S. The number of para-hydroxylation sites is 2. The van der Waals surface area contributed by atoms with E-state index >= 15 is 0 Å². The molecule has 0 unspecified atom stereocenters. The van der Waals surface area contributed by atoms with Crippen LogP contribution in [0.3, 0.4) is 0 Å². The molecule has 1 aromatic carbocycles. The molecule has 0 radical (unpaired) electrons. The summed E-state index contributed by atoms with van der Waals surface area (Å²) in [5.41, 5.74) is 0.678. The second-order valence-corrected chi connectivity index (χ2v) is 5.58. The van der Waals surface area contributed by atoms with Gasteiger partial charge in [0.05, 0.1) is 36.1 Å². The number of carbonyl (C=O) groups is 1. The van der Waals surface area contributed by atoms with Gasteiger partial charge in [-0.25, -0.2) is 4.98 Å². The molecule has 1 aromatic heterocycles. The first kappa shape index (κ1) is 16.8. The number of nitriles is 1. The van der Waals surface area contributed by atoms with Crippen LogP contribution in [0.5, 0.6) is 5.75 Å². The molecule has 0 spiro atoms. The maximum absolute atomic E-state index is 12.6. The van der Waals surface area contributed by atoms with Gasteiger partial charge in [0.15, 0.2) is 0 Å². The minimum atomic E-state index is -0.0830. The summed E-state index contributed by atoms with van der Waals surface area (Å²) in [5.74, 6) is 0.780. The fraction of sp³-hybridized carbons (Fsp3) is 0.235. The number of methoxy groups -OCH3 is 1. The van der Waals surface area contributed by atoms with Gasteiger partial charge in [-0.15, -0.1) is 0 Å². The maximum Gasteiger partial charge on any atom is 0.237 e. The first-order chi connectivity index (χ1) is 11.3. The SMILES string of the molecule is COc1ccccc1N(CCC#N)C(=O)CSc1ccccn1. The lowest BCUT2D eigenvalue weighted by molar-refractivity contribution is -0.116. The van der Waals surface area contributed by atoms with E-state index in [1.54, 1.807) is 24.3 Å². The molecule has 23 heavy (non-hydrogen) atoms. The predicted molar refractivity (Wildman–Crippen MR) is 90.5 cm³/mol. The number of thioether (sulfide) groups is 1. The lowest BCUT2D eigenvalue weighted by Gasteiger charge is -2.23. The number of pyridine rings is 1. The second-order valence-electron chi connectivity index (χ2n) is 4.58. The maximum atomic E-state index is 12.6. The number of amides is 1. The van der Waals surface area contributed by atoms with Gasteiger partial charge in [0.1, 0.15) is 5.75 Å². The van der Waals surface area contributed by atoms with E-state index in [0.717, 1.165) is 5.03 Å². The average molecular weight is 327 g/mol. The topological polar surface area (TPSA) is 66.2 Å². The Labute approximate surface area is 139 Å². The van der Waals surface area contributed by atoms with Crippen molar-refractivity contribution in [2.75, 3.05) is 24.3 Å². The Hall–Kier alpha value is -2.52. The molecule has 1 heterocycles. The Morgan fingerprint density at radius 2 is 2.09 bits per heavy atom. The van der Waals surface area contributed by atoms with Crippen LogP contribution >= 0.6 is 11.8 Å². The molecule has 0 aliphatic heterocycles. The molecule has 2 rings (SSSR count). The third-order valence-corrected chi connectivity index (χ3v) is 4.03. The van der Waals surface area contributed by atoms with Crippen molar-refractivity contribution in [3.63, 3.8) is 0 Å². The molecule has 0 aliphatic rings. The zero-order valence-corrected chi connectivity index (χ0v) is 13.6. The number of aromatic nitrogens is 1. The summed E-state index contributed by atoms with van der Waals surface area (Å²) in [5, 5.41) is 9.64. The fourth-order valence-corrected chi connectivity index (χ4v) is 2.78. The Balaban J connectivity index is 2.14. The minimum Gasteiger partial charge on any atom is -0.495 e. The first-order valence-corrected chi connectivity index (χ1v) is 8.09. The molecule has 2 aromatic rings.